The maximum atomic E-state index is 12.5. The van der Waals surface area contributed by atoms with Crippen LogP contribution in [0.2, 0.25) is 5.02 Å². The van der Waals surface area contributed by atoms with Gasteiger partial charge in [-0.25, -0.2) is 4.98 Å². The van der Waals surface area contributed by atoms with E-state index in [9.17, 15) is 14.4 Å². The minimum Gasteiger partial charge on any atom is -0.298 e. The number of aromatic nitrogens is 2. The topological polar surface area (TPSA) is 93.1 Å². The first kappa shape index (κ1) is 19.1. The van der Waals surface area contributed by atoms with Crippen molar-refractivity contribution in [2.45, 2.75) is 13.0 Å². The molecule has 0 unspecified atom stereocenters. The van der Waals surface area contributed by atoms with E-state index in [1.807, 2.05) is 0 Å². The molecule has 9 heteroatoms. The van der Waals surface area contributed by atoms with E-state index in [1.165, 1.54) is 10.9 Å². The van der Waals surface area contributed by atoms with E-state index >= 15 is 0 Å². The number of benzene rings is 2. The van der Waals surface area contributed by atoms with E-state index in [0.29, 0.717) is 21.5 Å². The third-order valence-electron chi connectivity index (χ3n) is 3.79. The van der Waals surface area contributed by atoms with Crippen LogP contribution >= 0.6 is 27.5 Å². The average Bonchev–Trinajstić information content (AvgIpc) is 2.66. The molecule has 0 saturated heterocycles. The number of fused-ring (bicyclic) bond motifs is 1. The maximum Gasteiger partial charge on any atom is 0.269 e. The number of nitrogens with one attached hydrogen (secondary N) is 2. The van der Waals surface area contributed by atoms with Gasteiger partial charge in [-0.3, -0.25) is 29.8 Å². The van der Waals surface area contributed by atoms with Crippen LogP contribution in [0.4, 0.5) is 0 Å². The Morgan fingerprint density at radius 2 is 1.85 bits per heavy atom. The number of halogens is 2. The van der Waals surface area contributed by atoms with Crippen molar-refractivity contribution in [3.05, 3.63) is 74.2 Å². The lowest BCUT2D eigenvalue weighted by atomic mass is 10.2. The first-order chi connectivity index (χ1) is 12.9. The van der Waals surface area contributed by atoms with Crippen LogP contribution in [0.3, 0.4) is 0 Å². The summed E-state index contributed by atoms with van der Waals surface area (Å²) in [6.45, 7) is 0.136. The number of carbonyl (C=O) groups is 2. The molecule has 0 atom stereocenters. The second-order valence-electron chi connectivity index (χ2n) is 5.66. The summed E-state index contributed by atoms with van der Waals surface area (Å²) < 4.78 is 2.13. The predicted molar refractivity (Wildman–Crippen MR) is 105 cm³/mol. The van der Waals surface area contributed by atoms with Gasteiger partial charge >= 0.3 is 0 Å². The molecule has 0 aliphatic rings. The molecule has 0 aliphatic carbocycles. The van der Waals surface area contributed by atoms with Crippen LogP contribution in [0.1, 0.15) is 16.8 Å². The minimum absolute atomic E-state index is 0.00198. The van der Waals surface area contributed by atoms with Gasteiger partial charge in [-0.05, 0) is 42.5 Å². The summed E-state index contributed by atoms with van der Waals surface area (Å²) >= 11 is 9.09. The molecule has 2 aromatic carbocycles. The predicted octanol–water partition coefficient (Wildman–Crippen LogP) is 2.66. The highest BCUT2D eigenvalue weighted by atomic mass is 79.9. The SMILES string of the molecule is O=C(CCn1cnc2ccc(Br)cc2c1=O)NNC(=O)c1ccc(Cl)cc1. The molecule has 0 fully saturated rings. The largest absolute Gasteiger partial charge is 0.298 e. The van der Waals surface area contributed by atoms with Gasteiger partial charge in [-0.1, -0.05) is 27.5 Å². The number of hydrogen-bond donors (Lipinski definition) is 2. The molecular formula is C18H14BrClN4O3. The lowest BCUT2D eigenvalue weighted by molar-refractivity contribution is -0.122. The van der Waals surface area contributed by atoms with E-state index in [2.05, 4.69) is 31.8 Å². The molecular weight excluding hydrogens is 436 g/mol. The Balaban J connectivity index is 1.58. The second-order valence-corrected chi connectivity index (χ2v) is 7.02. The van der Waals surface area contributed by atoms with Crippen LogP contribution in [-0.2, 0) is 11.3 Å². The summed E-state index contributed by atoms with van der Waals surface area (Å²) in [6, 6.07) is 11.5. The Hall–Kier alpha value is -2.71. The fraction of sp³-hybridized carbons (Fsp3) is 0.111. The maximum absolute atomic E-state index is 12.5. The molecule has 0 aliphatic heterocycles. The van der Waals surface area contributed by atoms with E-state index in [1.54, 1.807) is 42.5 Å². The van der Waals surface area contributed by atoms with Crippen molar-refractivity contribution in [1.82, 2.24) is 20.4 Å². The van der Waals surface area contributed by atoms with E-state index in [0.717, 1.165) is 4.47 Å². The Bertz CT molecular complexity index is 1070. The number of amides is 2. The van der Waals surface area contributed by atoms with Crippen molar-refractivity contribution in [3.63, 3.8) is 0 Å². The Morgan fingerprint density at radius 1 is 1.11 bits per heavy atom. The number of rotatable bonds is 4. The van der Waals surface area contributed by atoms with Gasteiger partial charge in [0.2, 0.25) is 5.91 Å². The van der Waals surface area contributed by atoms with Gasteiger partial charge in [0.05, 0.1) is 17.2 Å². The van der Waals surface area contributed by atoms with Crippen LogP contribution in [-0.4, -0.2) is 21.4 Å². The fourth-order valence-corrected chi connectivity index (χ4v) is 2.86. The monoisotopic (exact) mass is 448 g/mol. The van der Waals surface area contributed by atoms with E-state index in [-0.39, 0.29) is 18.5 Å². The summed E-state index contributed by atoms with van der Waals surface area (Å²) in [5.41, 5.74) is 5.34. The summed E-state index contributed by atoms with van der Waals surface area (Å²) in [5, 5.41) is 0.973. The lowest BCUT2D eigenvalue weighted by Crippen LogP contribution is -2.42. The molecule has 2 amide bonds. The first-order valence-corrected chi connectivity index (χ1v) is 9.10. The molecule has 0 radical (unpaired) electrons. The minimum atomic E-state index is -0.464. The van der Waals surface area contributed by atoms with Crippen molar-refractivity contribution in [1.29, 1.82) is 0 Å². The average molecular weight is 450 g/mol. The highest BCUT2D eigenvalue weighted by molar-refractivity contribution is 9.10. The van der Waals surface area contributed by atoms with Crippen molar-refractivity contribution in [2.75, 3.05) is 0 Å². The molecule has 3 rings (SSSR count). The van der Waals surface area contributed by atoms with Gasteiger partial charge in [0, 0.05) is 28.0 Å². The van der Waals surface area contributed by atoms with Crippen LogP contribution in [0.25, 0.3) is 10.9 Å². The van der Waals surface area contributed by atoms with Gasteiger partial charge < -0.3 is 0 Å². The van der Waals surface area contributed by atoms with Gasteiger partial charge in [-0.15, -0.1) is 0 Å². The van der Waals surface area contributed by atoms with Gasteiger partial charge in [0.25, 0.3) is 11.5 Å². The Morgan fingerprint density at radius 3 is 2.59 bits per heavy atom. The molecule has 27 heavy (non-hydrogen) atoms. The van der Waals surface area contributed by atoms with Gasteiger partial charge in [-0.2, -0.15) is 0 Å². The smallest absolute Gasteiger partial charge is 0.269 e. The molecule has 2 N–H and O–H groups in total. The molecule has 7 nitrogen and oxygen atoms in total. The van der Waals surface area contributed by atoms with Gasteiger partial charge in [0.15, 0.2) is 0 Å². The van der Waals surface area contributed by atoms with Crippen molar-refractivity contribution in [2.24, 2.45) is 0 Å². The van der Waals surface area contributed by atoms with Gasteiger partial charge in [0.1, 0.15) is 0 Å². The highest BCUT2D eigenvalue weighted by Gasteiger charge is 2.09. The van der Waals surface area contributed by atoms with E-state index in [4.69, 9.17) is 11.6 Å². The number of hydrogen-bond acceptors (Lipinski definition) is 4. The zero-order valence-corrected chi connectivity index (χ0v) is 16.3. The number of hydrazine groups is 1. The second kappa shape index (κ2) is 8.32. The quantitative estimate of drug-likeness (QED) is 0.599. The molecule has 138 valence electrons. The summed E-state index contributed by atoms with van der Waals surface area (Å²) in [7, 11) is 0. The zero-order valence-electron chi connectivity index (χ0n) is 13.9. The van der Waals surface area contributed by atoms with Crippen molar-refractivity contribution in [3.8, 4) is 0 Å². The third-order valence-corrected chi connectivity index (χ3v) is 4.53. The van der Waals surface area contributed by atoms with E-state index < -0.39 is 11.8 Å². The Kier molecular flexibility index (Phi) is 5.88. The third kappa shape index (κ3) is 4.72. The zero-order chi connectivity index (χ0) is 19.4. The molecule has 1 aromatic heterocycles. The summed E-state index contributed by atoms with van der Waals surface area (Å²) in [4.78, 5) is 40.5. The number of carbonyl (C=O) groups excluding carboxylic acids is 2. The van der Waals surface area contributed by atoms with Crippen LogP contribution < -0.4 is 16.4 Å². The lowest BCUT2D eigenvalue weighted by Gasteiger charge is -2.09. The molecule has 0 bridgehead atoms. The van der Waals surface area contributed by atoms with Crippen LogP contribution in [0, 0.1) is 0 Å². The van der Waals surface area contributed by atoms with Crippen molar-refractivity contribution < 1.29 is 9.59 Å². The fourth-order valence-electron chi connectivity index (χ4n) is 2.37. The molecule has 3 aromatic rings. The van der Waals surface area contributed by atoms with Crippen molar-refractivity contribution >= 4 is 50.2 Å². The highest BCUT2D eigenvalue weighted by Crippen LogP contribution is 2.14. The molecule has 0 spiro atoms. The number of aryl methyl sites for hydroxylation is 1. The number of nitrogens with zero attached hydrogens (tertiary/aromatic N) is 2. The summed E-state index contributed by atoms with van der Waals surface area (Å²) in [6.07, 6.45) is 1.40. The standard InChI is InChI=1S/C18H14BrClN4O3/c19-12-3-6-15-14(9-12)18(27)24(10-21-15)8-7-16(25)22-23-17(26)11-1-4-13(20)5-2-11/h1-6,9-10H,7-8H2,(H,22,25)(H,23,26). The first-order valence-electron chi connectivity index (χ1n) is 7.93. The molecule has 1 heterocycles. The summed E-state index contributed by atoms with van der Waals surface area (Å²) in [5.74, 6) is -0.895. The van der Waals surface area contributed by atoms with Crippen LogP contribution in [0.5, 0.6) is 0 Å². The van der Waals surface area contributed by atoms with Crippen LogP contribution in [0.15, 0.2) is 58.1 Å². The molecule has 0 saturated carbocycles. The Labute approximate surface area is 167 Å². The normalized spacial score (nSPS) is 10.6.